The van der Waals surface area contributed by atoms with Gasteiger partial charge in [-0.15, -0.1) is 0 Å². The Morgan fingerprint density at radius 1 is 1.24 bits per heavy atom. The van der Waals surface area contributed by atoms with E-state index in [0.717, 1.165) is 10.5 Å². The molecule has 0 aliphatic heterocycles. The van der Waals surface area contributed by atoms with Crippen molar-refractivity contribution >= 4 is 50.7 Å². The Labute approximate surface area is 137 Å². The molecular formula is C14H7BrClFN2OS. The molecule has 0 saturated carbocycles. The summed E-state index contributed by atoms with van der Waals surface area (Å²) < 4.78 is 15.4. The maximum absolute atomic E-state index is 13.2. The van der Waals surface area contributed by atoms with Crippen molar-refractivity contribution < 1.29 is 4.39 Å². The van der Waals surface area contributed by atoms with Gasteiger partial charge in [-0.25, -0.2) is 4.39 Å². The summed E-state index contributed by atoms with van der Waals surface area (Å²) in [4.78, 5) is 15.6. The van der Waals surface area contributed by atoms with Crippen LogP contribution in [0.25, 0.3) is 16.6 Å². The Kier molecular flexibility index (Phi) is 3.69. The minimum atomic E-state index is -0.476. The summed E-state index contributed by atoms with van der Waals surface area (Å²) in [5.74, 6) is -0.476. The number of benzene rings is 2. The Morgan fingerprint density at radius 3 is 2.71 bits per heavy atom. The molecule has 0 saturated heterocycles. The standard InChI is InChI=1S/C14H7BrClFN2OS/c15-7-1-3-9-11(5-7)18-14(21)19(13(9)20)12-4-2-8(17)6-10(12)16/h1-6H,(H,18,21). The fourth-order valence-electron chi connectivity index (χ4n) is 2.07. The quantitative estimate of drug-likeness (QED) is 0.622. The maximum Gasteiger partial charge on any atom is 0.266 e. The van der Waals surface area contributed by atoms with Crippen LogP contribution in [0.4, 0.5) is 4.39 Å². The molecule has 1 aromatic heterocycles. The van der Waals surface area contributed by atoms with E-state index < -0.39 is 5.82 Å². The van der Waals surface area contributed by atoms with E-state index in [4.69, 9.17) is 23.8 Å². The van der Waals surface area contributed by atoms with Gasteiger partial charge in [-0.05, 0) is 48.6 Å². The van der Waals surface area contributed by atoms with Crippen LogP contribution < -0.4 is 5.56 Å². The van der Waals surface area contributed by atoms with Crippen LogP contribution >= 0.6 is 39.7 Å². The molecule has 21 heavy (non-hydrogen) atoms. The fraction of sp³-hybridized carbons (Fsp3) is 0. The second-order valence-electron chi connectivity index (χ2n) is 4.36. The Morgan fingerprint density at radius 2 is 2.00 bits per heavy atom. The van der Waals surface area contributed by atoms with E-state index in [1.54, 1.807) is 18.2 Å². The number of fused-ring (bicyclic) bond motifs is 1. The van der Waals surface area contributed by atoms with Gasteiger partial charge in [0.2, 0.25) is 0 Å². The lowest BCUT2D eigenvalue weighted by molar-refractivity contribution is 0.627. The fourth-order valence-corrected chi connectivity index (χ4v) is 2.98. The number of aromatic amines is 1. The summed E-state index contributed by atoms with van der Waals surface area (Å²) in [6.07, 6.45) is 0. The topological polar surface area (TPSA) is 37.8 Å². The number of aromatic nitrogens is 2. The van der Waals surface area contributed by atoms with Crippen molar-refractivity contribution in [2.45, 2.75) is 0 Å². The van der Waals surface area contributed by atoms with Gasteiger partial charge in [-0.1, -0.05) is 27.5 Å². The van der Waals surface area contributed by atoms with Crippen molar-refractivity contribution in [1.29, 1.82) is 0 Å². The summed E-state index contributed by atoms with van der Waals surface area (Å²) in [5.41, 5.74) is 0.651. The van der Waals surface area contributed by atoms with Crippen LogP contribution in [-0.4, -0.2) is 9.55 Å². The molecule has 0 bridgehead atoms. The predicted octanol–water partition coefficient (Wildman–Crippen LogP) is 4.60. The van der Waals surface area contributed by atoms with E-state index in [9.17, 15) is 9.18 Å². The average Bonchev–Trinajstić information content (AvgIpc) is 2.40. The van der Waals surface area contributed by atoms with E-state index in [2.05, 4.69) is 20.9 Å². The van der Waals surface area contributed by atoms with Crippen molar-refractivity contribution in [3.63, 3.8) is 0 Å². The normalized spacial score (nSPS) is 11.0. The molecule has 0 aliphatic rings. The Hall–Kier alpha value is -1.50. The second kappa shape index (κ2) is 5.36. The van der Waals surface area contributed by atoms with Gasteiger partial charge < -0.3 is 4.98 Å². The SMILES string of the molecule is O=c1c2ccc(Br)cc2[nH]c(=S)n1-c1ccc(F)cc1Cl. The highest BCUT2D eigenvalue weighted by atomic mass is 79.9. The number of hydrogen-bond donors (Lipinski definition) is 1. The van der Waals surface area contributed by atoms with Crippen LogP contribution in [-0.2, 0) is 0 Å². The molecule has 0 spiro atoms. The lowest BCUT2D eigenvalue weighted by Gasteiger charge is -2.10. The van der Waals surface area contributed by atoms with E-state index >= 15 is 0 Å². The molecule has 0 fully saturated rings. The number of halogens is 3. The van der Waals surface area contributed by atoms with Gasteiger partial charge in [-0.2, -0.15) is 0 Å². The van der Waals surface area contributed by atoms with Crippen LogP contribution in [0.5, 0.6) is 0 Å². The minimum Gasteiger partial charge on any atom is -0.331 e. The molecule has 0 radical (unpaired) electrons. The zero-order valence-electron chi connectivity index (χ0n) is 10.4. The van der Waals surface area contributed by atoms with Gasteiger partial charge >= 0.3 is 0 Å². The lowest BCUT2D eigenvalue weighted by Crippen LogP contribution is -2.20. The van der Waals surface area contributed by atoms with E-state index in [0.29, 0.717) is 16.6 Å². The molecule has 0 amide bonds. The molecule has 2 aromatic carbocycles. The smallest absolute Gasteiger partial charge is 0.266 e. The lowest BCUT2D eigenvalue weighted by atomic mass is 10.2. The number of hydrogen-bond acceptors (Lipinski definition) is 2. The Bertz CT molecular complexity index is 983. The van der Waals surface area contributed by atoms with Crippen molar-refractivity contribution in [3.8, 4) is 5.69 Å². The molecular weight excluding hydrogens is 379 g/mol. The molecule has 3 nitrogen and oxygen atoms in total. The third-order valence-corrected chi connectivity index (χ3v) is 4.09. The predicted molar refractivity (Wildman–Crippen MR) is 87.4 cm³/mol. The number of H-pyrrole nitrogens is 1. The number of nitrogens with zero attached hydrogens (tertiary/aromatic N) is 1. The third kappa shape index (κ3) is 2.54. The van der Waals surface area contributed by atoms with E-state index in [1.165, 1.54) is 16.7 Å². The molecule has 3 rings (SSSR count). The van der Waals surface area contributed by atoms with Gasteiger partial charge in [0.15, 0.2) is 4.77 Å². The van der Waals surface area contributed by atoms with Gasteiger partial charge in [0, 0.05) is 4.47 Å². The third-order valence-electron chi connectivity index (χ3n) is 3.01. The highest BCUT2D eigenvalue weighted by Crippen LogP contribution is 2.22. The maximum atomic E-state index is 13.2. The van der Waals surface area contributed by atoms with Crippen molar-refractivity contribution in [2.24, 2.45) is 0 Å². The summed E-state index contributed by atoms with van der Waals surface area (Å²) in [6, 6.07) is 9.01. The van der Waals surface area contributed by atoms with Crippen molar-refractivity contribution in [3.05, 3.63) is 66.8 Å². The largest absolute Gasteiger partial charge is 0.331 e. The molecule has 0 atom stereocenters. The number of nitrogens with one attached hydrogen (secondary N) is 1. The van der Waals surface area contributed by atoms with Gasteiger partial charge in [-0.3, -0.25) is 9.36 Å². The van der Waals surface area contributed by atoms with Crippen LogP contribution in [0.15, 0.2) is 45.7 Å². The van der Waals surface area contributed by atoms with Crippen LogP contribution in [0.2, 0.25) is 5.02 Å². The average molecular weight is 386 g/mol. The van der Waals surface area contributed by atoms with Crippen LogP contribution in [0.3, 0.4) is 0 Å². The molecule has 7 heteroatoms. The zero-order valence-corrected chi connectivity index (χ0v) is 13.5. The van der Waals surface area contributed by atoms with Crippen molar-refractivity contribution in [2.75, 3.05) is 0 Å². The first kappa shape index (κ1) is 14.4. The zero-order chi connectivity index (χ0) is 15.1. The van der Waals surface area contributed by atoms with Crippen molar-refractivity contribution in [1.82, 2.24) is 9.55 Å². The molecule has 3 aromatic rings. The highest BCUT2D eigenvalue weighted by molar-refractivity contribution is 9.10. The first-order valence-electron chi connectivity index (χ1n) is 5.87. The second-order valence-corrected chi connectivity index (χ2v) is 6.07. The van der Waals surface area contributed by atoms with Gasteiger partial charge in [0.25, 0.3) is 5.56 Å². The van der Waals surface area contributed by atoms with Gasteiger partial charge in [0.1, 0.15) is 5.82 Å². The monoisotopic (exact) mass is 384 g/mol. The first-order chi connectivity index (χ1) is 9.97. The summed E-state index contributed by atoms with van der Waals surface area (Å²) in [7, 11) is 0. The van der Waals surface area contributed by atoms with E-state index in [-0.39, 0.29) is 15.4 Å². The number of rotatable bonds is 1. The summed E-state index contributed by atoms with van der Waals surface area (Å²) >= 11 is 14.6. The minimum absolute atomic E-state index is 0.119. The molecule has 1 N–H and O–H groups in total. The molecule has 106 valence electrons. The Balaban J connectivity index is 2.41. The van der Waals surface area contributed by atoms with Crippen LogP contribution in [0.1, 0.15) is 0 Å². The first-order valence-corrected chi connectivity index (χ1v) is 7.45. The molecule has 1 heterocycles. The molecule has 0 unspecified atom stereocenters. The van der Waals surface area contributed by atoms with Crippen LogP contribution in [0, 0.1) is 10.6 Å². The summed E-state index contributed by atoms with van der Waals surface area (Å²) in [5, 5.41) is 0.584. The van der Waals surface area contributed by atoms with Gasteiger partial charge in [0.05, 0.1) is 21.6 Å². The molecule has 0 aliphatic carbocycles. The highest BCUT2D eigenvalue weighted by Gasteiger charge is 2.11. The summed E-state index contributed by atoms with van der Waals surface area (Å²) in [6.45, 7) is 0. The van der Waals surface area contributed by atoms with E-state index in [1.807, 2.05) is 0 Å².